The Labute approximate surface area is 176 Å². The first-order valence-electron chi connectivity index (χ1n) is 10.3. The van der Waals surface area contributed by atoms with E-state index in [1.165, 1.54) is 5.56 Å². The molecule has 0 aromatic heterocycles. The van der Waals surface area contributed by atoms with Gasteiger partial charge in [-0.25, -0.2) is 0 Å². The number of nitrogens with one attached hydrogen (secondary N) is 2. The summed E-state index contributed by atoms with van der Waals surface area (Å²) < 4.78 is 0. The Morgan fingerprint density at radius 3 is 2.52 bits per heavy atom. The van der Waals surface area contributed by atoms with Crippen molar-refractivity contribution >= 4 is 23.4 Å². The minimum Gasteiger partial charge on any atom is -0.354 e. The van der Waals surface area contributed by atoms with Gasteiger partial charge in [-0.15, -0.1) is 0 Å². The van der Waals surface area contributed by atoms with E-state index in [2.05, 4.69) is 39.8 Å². The molecule has 2 N–H and O–H groups in total. The molecule has 2 amide bonds. The van der Waals surface area contributed by atoms with E-state index in [0.717, 1.165) is 25.8 Å². The van der Waals surface area contributed by atoms with Gasteiger partial charge in [0.15, 0.2) is 0 Å². The summed E-state index contributed by atoms with van der Waals surface area (Å²) in [5, 5.41) is 6.26. The number of hydrogen-bond donors (Lipinski definition) is 2. The molecular weight excluding hydrogens is 386 g/mol. The van der Waals surface area contributed by atoms with Crippen LogP contribution in [0.4, 0.5) is 0 Å². The van der Waals surface area contributed by atoms with Crippen LogP contribution in [0.3, 0.4) is 0 Å². The first-order valence-corrected chi connectivity index (χ1v) is 10.6. The summed E-state index contributed by atoms with van der Waals surface area (Å²) in [5.74, 6) is -0.133. The summed E-state index contributed by atoms with van der Waals surface area (Å²) in [6.07, 6.45) is 3.07. The zero-order valence-corrected chi connectivity index (χ0v) is 17.1. The van der Waals surface area contributed by atoms with Gasteiger partial charge in [0.05, 0.1) is 16.5 Å². The first-order chi connectivity index (χ1) is 14.1. The molecule has 152 valence electrons. The standard InChI is InChI=1S/C23H26ClN3O2/c24-19-10-5-4-9-17(19)22(28)25-12-13-26-23(29)18-15-21(16-7-2-1-3-8-16)27-14-6-11-20(18)27/h1-5,7-10,18,20-21H,6,11-15H2,(H,25,28)(H,26,29)/t18-,20+,21-/m1/s1. The minimum absolute atomic E-state index is 0.00183. The molecule has 2 aliphatic heterocycles. The Kier molecular flexibility index (Phi) is 6.16. The highest BCUT2D eigenvalue weighted by Crippen LogP contribution is 2.44. The zero-order valence-electron chi connectivity index (χ0n) is 16.3. The van der Waals surface area contributed by atoms with Crippen LogP contribution in [0.25, 0.3) is 0 Å². The van der Waals surface area contributed by atoms with Crippen molar-refractivity contribution in [3.63, 3.8) is 0 Å². The molecule has 2 saturated heterocycles. The van der Waals surface area contributed by atoms with Crippen LogP contribution in [0.15, 0.2) is 54.6 Å². The Morgan fingerprint density at radius 1 is 1.00 bits per heavy atom. The van der Waals surface area contributed by atoms with Gasteiger partial charge < -0.3 is 10.6 Å². The van der Waals surface area contributed by atoms with Gasteiger partial charge in [0.1, 0.15) is 0 Å². The molecule has 0 bridgehead atoms. The van der Waals surface area contributed by atoms with Crippen molar-refractivity contribution in [2.45, 2.75) is 31.3 Å². The second-order valence-corrected chi connectivity index (χ2v) is 8.15. The third kappa shape index (κ3) is 4.31. The van der Waals surface area contributed by atoms with Gasteiger partial charge in [0.25, 0.3) is 5.91 Å². The quantitative estimate of drug-likeness (QED) is 0.716. The van der Waals surface area contributed by atoms with Gasteiger partial charge in [0, 0.05) is 25.2 Å². The second kappa shape index (κ2) is 8.97. The normalized spacial score (nSPS) is 23.6. The van der Waals surface area contributed by atoms with Gasteiger partial charge in [-0.2, -0.15) is 0 Å². The van der Waals surface area contributed by atoms with Crippen molar-refractivity contribution in [1.82, 2.24) is 15.5 Å². The number of carbonyl (C=O) groups is 2. The van der Waals surface area contributed by atoms with E-state index in [-0.39, 0.29) is 17.7 Å². The summed E-state index contributed by atoms with van der Waals surface area (Å²) in [7, 11) is 0. The number of benzene rings is 2. The van der Waals surface area contributed by atoms with Crippen LogP contribution in [0.2, 0.25) is 5.02 Å². The summed E-state index contributed by atoms with van der Waals surface area (Å²) >= 11 is 6.05. The lowest BCUT2D eigenvalue weighted by Gasteiger charge is -2.24. The van der Waals surface area contributed by atoms with Gasteiger partial charge in [-0.05, 0) is 43.5 Å². The predicted molar refractivity (Wildman–Crippen MR) is 114 cm³/mol. The van der Waals surface area contributed by atoms with Crippen LogP contribution in [0, 0.1) is 5.92 Å². The number of hydrogen-bond acceptors (Lipinski definition) is 3. The van der Waals surface area contributed by atoms with Crippen LogP contribution in [-0.2, 0) is 4.79 Å². The van der Waals surface area contributed by atoms with E-state index >= 15 is 0 Å². The molecule has 0 unspecified atom stereocenters. The molecule has 0 radical (unpaired) electrons. The molecule has 3 atom stereocenters. The topological polar surface area (TPSA) is 61.4 Å². The average Bonchev–Trinajstić information content (AvgIpc) is 3.34. The lowest BCUT2D eigenvalue weighted by atomic mass is 9.93. The van der Waals surface area contributed by atoms with Crippen molar-refractivity contribution in [2.75, 3.05) is 19.6 Å². The number of halogens is 1. The van der Waals surface area contributed by atoms with Crippen molar-refractivity contribution in [1.29, 1.82) is 0 Å². The molecule has 0 spiro atoms. The fourth-order valence-corrected chi connectivity index (χ4v) is 4.91. The lowest BCUT2D eigenvalue weighted by molar-refractivity contribution is -0.125. The van der Waals surface area contributed by atoms with E-state index in [4.69, 9.17) is 11.6 Å². The number of fused-ring (bicyclic) bond motifs is 1. The molecule has 2 aliphatic rings. The monoisotopic (exact) mass is 411 g/mol. The maximum atomic E-state index is 12.9. The summed E-state index contributed by atoms with van der Waals surface area (Å²) in [4.78, 5) is 27.6. The number of nitrogens with zero attached hydrogens (tertiary/aromatic N) is 1. The fourth-order valence-electron chi connectivity index (χ4n) is 4.68. The molecule has 2 aromatic carbocycles. The Balaban J connectivity index is 1.30. The minimum atomic E-state index is -0.225. The third-order valence-electron chi connectivity index (χ3n) is 6.03. The van der Waals surface area contributed by atoms with E-state index in [0.29, 0.717) is 35.8 Å². The van der Waals surface area contributed by atoms with Gasteiger partial charge >= 0.3 is 0 Å². The van der Waals surface area contributed by atoms with Crippen molar-refractivity contribution < 1.29 is 9.59 Å². The smallest absolute Gasteiger partial charge is 0.252 e. The molecule has 2 fully saturated rings. The van der Waals surface area contributed by atoms with Crippen molar-refractivity contribution in [3.05, 3.63) is 70.7 Å². The Morgan fingerprint density at radius 2 is 1.72 bits per heavy atom. The van der Waals surface area contributed by atoms with Crippen LogP contribution in [-0.4, -0.2) is 42.4 Å². The summed E-state index contributed by atoms with van der Waals surface area (Å²) in [5.41, 5.74) is 1.74. The number of rotatable bonds is 6. The molecule has 2 heterocycles. The highest BCUT2D eigenvalue weighted by molar-refractivity contribution is 6.33. The summed E-state index contributed by atoms with van der Waals surface area (Å²) in [6, 6.07) is 18.1. The van der Waals surface area contributed by atoms with Gasteiger partial charge in [-0.3, -0.25) is 14.5 Å². The van der Waals surface area contributed by atoms with Crippen molar-refractivity contribution in [2.24, 2.45) is 5.92 Å². The number of carbonyl (C=O) groups excluding carboxylic acids is 2. The molecule has 2 aromatic rings. The Bertz CT molecular complexity index is 873. The predicted octanol–water partition coefficient (Wildman–Crippen LogP) is 3.41. The molecule has 4 rings (SSSR count). The van der Waals surface area contributed by atoms with Crippen molar-refractivity contribution in [3.8, 4) is 0 Å². The summed E-state index contributed by atoms with van der Waals surface area (Å²) in [6.45, 7) is 1.84. The second-order valence-electron chi connectivity index (χ2n) is 7.74. The van der Waals surface area contributed by atoms with E-state index in [1.54, 1.807) is 24.3 Å². The molecular formula is C23H26ClN3O2. The van der Waals surface area contributed by atoms with Crippen LogP contribution < -0.4 is 10.6 Å². The van der Waals surface area contributed by atoms with Crippen LogP contribution in [0.5, 0.6) is 0 Å². The van der Waals surface area contributed by atoms with E-state index in [1.807, 2.05) is 6.07 Å². The largest absolute Gasteiger partial charge is 0.354 e. The fraction of sp³-hybridized carbons (Fsp3) is 0.391. The first kappa shape index (κ1) is 19.9. The van der Waals surface area contributed by atoms with Crippen LogP contribution in [0.1, 0.15) is 41.2 Å². The van der Waals surface area contributed by atoms with E-state index in [9.17, 15) is 9.59 Å². The van der Waals surface area contributed by atoms with Crippen LogP contribution >= 0.6 is 11.6 Å². The molecule has 6 heteroatoms. The number of amides is 2. The highest BCUT2D eigenvalue weighted by atomic mass is 35.5. The SMILES string of the molecule is O=C(NCCNC(=O)[C@@H]1C[C@H](c2ccccc2)N2CCC[C@@H]12)c1ccccc1Cl. The zero-order chi connectivity index (χ0) is 20.2. The third-order valence-corrected chi connectivity index (χ3v) is 6.36. The lowest BCUT2D eigenvalue weighted by Crippen LogP contribution is -2.40. The molecule has 5 nitrogen and oxygen atoms in total. The average molecular weight is 412 g/mol. The van der Waals surface area contributed by atoms with Gasteiger partial charge in [0.2, 0.25) is 5.91 Å². The van der Waals surface area contributed by atoms with E-state index < -0.39 is 0 Å². The Hall–Kier alpha value is -2.37. The maximum Gasteiger partial charge on any atom is 0.252 e. The molecule has 0 saturated carbocycles. The highest BCUT2D eigenvalue weighted by Gasteiger charge is 2.46. The maximum absolute atomic E-state index is 12.9. The molecule has 0 aliphatic carbocycles. The molecule has 29 heavy (non-hydrogen) atoms. The van der Waals surface area contributed by atoms with Gasteiger partial charge in [-0.1, -0.05) is 54.1 Å².